The average Bonchev–Trinajstić information content (AvgIpc) is 2.48. The lowest BCUT2D eigenvalue weighted by Crippen LogP contribution is -2.38. The van der Waals surface area contributed by atoms with Crippen molar-refractivity contribution in [2.24, 2.45) is 11.8 Å². The lowest BCUT2D eigenvalue weighted by Gasteiger charge is -2.34. The van der Waals surface area contributed by atoms with E-state index in [9.17, 15) is 4.39 Å². The molecule has 112 valence electrons. The highest BCUT2D eigenvalue weighted by atomic mass is 35.5. The molecule has 1 N–H and O–H groups in total. The van der Waals surface area contributed by atoms with Crippen LogP contribution < -0.4 is 5.32 Å². The Morgan fingerprint density at radius 1 is 1.40 bits per heavy atom. The number of benzene rings is 1. The Morgan fingerprint density at radius 2 is 2.20 bits per heavy atom. The number of halogens is 2. The van der Waals surface area contributed by atoms with Crippen molar-refractivity contribution in [1.82, 2.24) is 5.32 Å². The minimum absolute atomic E-state index is 0.229. The zero-order valence-electron chi connectivity index (χ0n) is 12.5. The van der Waals surface area contributed by atoms with Crippen LogP contribution in [-0.2, 0) is 6.42 Å². The molecule has 1 aliphatic rings. The molecule has 1 saturated carbocycles. The fourth-order valence-electron chi connectivity index (χ4n) is 3.49. The third-order valence-corrected chi connectivity index (χ3v) is 5.07. The number of likely N-dealkylation sites (N-methyl/N-ethyl adjacent to an activating group) is 1. The zero-order chi connectivity index (χ0) is 14.5. The molecular weight excluding hydrogens is 273 g/mol. The Labute approximate surface area is 126 Å². The molecule has 0 saturated heterocycles. The molecule has 2 rings (SSSR count). The van der Waals surface area contributed by atoms with Crippen molar-refractivity contribution >= 4 is 11.6 Å². The van der Waals surface area contributed by atoms with E-state index in [0.717, 1.165) is 23.8 Å². The number of rotatable bonds is 5. The van der Waals surface area contributed by atoms with Crippen LogP contribution >= 0.6 is 11.6 Å². The first-order valence-corrected chi connectivity index (χ1v) is 8.13. The first-order valence-electron chi connectivity index (χ1n) is 7.75. The van der Waals surface area contributed by atoms with Gasteiger partial charge in [0.15, 0.2) is 0 Å². The van der Waals surface area contributed by atoms with Gasteiger partial charge in [-0.15, -0.1) is 0 Å². The summed E-state index contributed by atoms with van der Waals surface area (Å²) in [6, 6.07) is 5.55. The first kappa shape index (κ1) is 15.8. The standard InChI is InChI=1S/C17H25ClFN/c1-3-12-5-4-6-14(9-12)17(20-2)11-13-7-8-16(19)15(18)10-13/h7-8,10,12,14,17,20H,3-6,9,11H2,1-2H3. The fraction of sp³-hybridized carbons (Fsp3) is 0.647. The minimum Gasteiger partial charge on any atom is -0.316 e. The highest BCUT2D eigenvalue weighted by Crippen LogP contribution is 2.34. The van der Waals surface area contributed by atoms with Crippen molar-refractivity contribution in [3.8, 4) is 0 Å². The van der Waals surface area contributed by atoms with Gasteiger partial charge >= 0.3 is 0 Å². The average molecular weight is 298 g/mol. The molecule has 20 heavy (non-hydrogen) atoms. The third-order valence-electron chi connectivity index (χ3n) is 4.78. The van der Waals surface area contributed by atoms with E-state index in [2.05, 4.69) is 12.2 Å². The molecular formula is C17H25ClFN. The van der Waals surface area contributed by atoms with Crippen LogP contribution in [0.1, 0.15) is 44.6 Å². The predicted octanol–water partition coefficient (Wildman–Crippen LogP) is 4.83. The van der Waals surface area contributed by atoms with Gasteiger partial charge in [-0.1, -0.05) is 43.9 Å². The largest absolute Gasteiger partial charge is 0.316 e. The van der Waals surface area contributed by atoms with Gasteiger partial charge in [-0.05, 0) is 55.8 Å². The Hall–Kier alpha value is -0.600. The molecule has 3 heteroatoms. The molecule has 1 aromatic carbocycles. The van der Waals surface area contributed by atoms with Gasteiger partial charge in [0.05, 0.1) is 5.02 Å². The molecule has 0 spiro atoms. The van der Waals surface area contributed by atoms with Gasteiger partial charge in [-0.3, -0.25) is 0 Å². The zero-order valence-corrected chi connectivity index (χ0v) is 13.2. The molecule has 0 heterocycles. The van der Waals surface area contributed by atoms with E-state index < -0.39 is 0 Å². The number of hydrogen-bond donors (Lipinski definition) is 1. The topological polar surface area (TPSA) is 12.0 Å². The summed E-state index contributed by atoms with van der Waals surface area (Å²) >= 11 is 5.88. The molecule has 1 aliphatic carbocycles. The van der Waals surface area contributed by atoms with Crippen LogP contribution in [-0.4, -0.2) is 13.1 Å². The van der Waals surface area contributed by atoms with E-state index in [1.807, 2.05) is 13.1 Å². The van der Waals surface area contributed by atoms with Crippen LogP contribution in [0.25, 0.3) is 0 Å². The maximum absolute atomic E-state index is 13.2. The van der Waals surface area contributed by atoms with Gasteiger partial charge in [-0.2, -0.15) is 0 Å². The van der Waals surface area contributed by atoms with Crippen molar-refractivity contribution in [2.75, 3.05) is 7.05 Å². The summed E-state index contributed by atoms with van der Waals surface area (Å²) in [4.78, 5) is 0. The first-order chi connectivity index (χ1) is 9.63. The van der Waals surface area contributed by atoms with Crippen molar-refractivity contribution in [1.29, 1.82) is 0 Å². The quantitative estimate of drug-likeness (QED) is 0.821. The van der Waals surface area contributed by atoms with Crippen LogP contribution in [0.15, 0.2) is 18.2 Å². The maximum Gasteiger partial charge on any atom is 0.141 e. The molecule has 3 unspecified atom stereocenters. The normalized spacial score (nSPS) is 24.6. The summed E-state index contributed by atoms with van der Waals surface area (Å²) in [5.74, 6) is 1.27. The second kappa shape index (κ2) is 7.42. The van der Waals surface area contributed by atoms with E-state index in [0.29, 0.717) is 6.04 Å². The van der Waals surface area contributed by atoms with Crippen molar-refractivity contribution in [3.05, 3.63) is 34.6 Å². The number of hydrogen-bond acceptors (Lipinski definition) is 1. The number of nitrogens with one attached hydrogen (secondary N) is 1. The molecule has 0 bridgehead atoms. The molecule has 0 aromatic heterocycles. The molecule has 3 atom stereocenters. The van der Waals surface area contributed by atoms with E-state index >= 15 is 0 Å². The summed E-state index contributed by atoms with van der Waals surface area (Å²) in [5.41, 5.74) is 1.12. The summed E-state index contributed by atoms with van der Waals surface area (Å²) in [7, 11) is 2.03. The SMILES string of the molecule is CCC1CCCC(C(Cc2ccc(F)c(Cl)c2)NC)C1. The maximum atomic E-state index is 13.2. The highest BCUT2D eigenvalue weighted by Gasteiger charge is 2.27. The van der Waals surface area contributed by atoms with Crippen molar-refractivity contribution < 1.29 is 4.39 Å². The smallest absolute Gasteiger partial charge is 0.141 e. The van der Waals surface area contributed by atoms with Gasteiger partial charge in [0.1, 0.15) is 5.82 Å². The second-order valence-electron chi connectivity index (χ2n) is 6.05. The lowest BCUT2D eigenvalue weighted by molar-refractivity contribution is 0.212. The molecule has 1 fully saturated rings. The van der Waals surface area contributed by atoms with Gasteiger partial charge < -0.3 is 5.32 Å². The second-order valence-corrected chi connectivity index (χ2v) is 6.46. The van der Waals surface area contributed by atoms with Crippen LogP contribution in [0.3, 0.4) is 0 Å². The molecule has 0 radical (unpaired) electrons. The summed E-state index contributed by atoms with van der Waals surface area (Å²) < 4.78 is 13.2. The molecule has 1 nitrogen and oxygen atoms in total. The third kappa shape index (κ3) is 3.95. The van der Waals surface area contributed by atoms with Crippen LogP contribution in [0.5, 0.6) is 0 Å². The molecule has 0 aliphatic heterocycles. The van der Waals surface area contributed by atoms with E-state index in [1.165, 1.54) is 38.2 Å². The van der Waals surface area contributed by atoms with Gasteiger partial charge in [0.25, 0.3) is 0 Å². The summed E-state index contributed by atoms with van der Waals surface area (Å²) in [6.45, 7) is 2.29. The van der Waals surface area contributed by atoms with Gasteiger partial charge in [-0.25, -0.2) is 4.39 Å². The fourth-order valence-corrected chi connectivity index (χ4v) is 3.70. The highest BCUT2D eigenvalue weighted by molar-refractivity contribution is 6.30. The summed E-state index contributed by atoms with van der Waals surface area (Å²) in [5, 5.41) is 3.69. The van der Waals surface area contributed by atoms with E-state index in [1.54, 1.807) is 6.07 Å². The summed E-state index contributed by atoms with van der Waals surface area (Å²) in [6.07, 6.45) is 7.55. The Balaban J connectivity index is 2.02. The van der Waals surface area contributed by atoms with E-state index in [4.69, 9.17) is 11.6 Å². The van der Waals surface area contributed by atoms with Gasteiger partial charge in [0, 0.05) is 6.04 Å². The van der Waals surface area contributed by atoms with Crippen LogP contribution in [0, 0.1) is 17.7 Å². The Kier molecular flexibility index (Phi) is 5.86. The molecule has 0 amide bonds. The monoisotopic (exact) mass is 297 g/mol. The van der Waals surface area contributed by atoms with Crippen molar-refractivity contribution in [3.63, 3.8) is 0 Å². The molecule has 1 aromatic rings. The van der Waals surface area contributed by atoms with Crippen LogP contribution in [0.4, 0.5) is 4.39 Å². The van der Waals surface area contributed by atoms with Gasteiger partial charge in [0.2, 0.25) is 0 Å². The predicted molar refractivity (Wildman–Crippen MR) is 83.7 cm³/mol. The van der Waals surface area contributed by atoms with Crippen molar-refractivity contribution in [2.45, 2.75) is 51.5 Å². The Morgan fingerprint density at radius 3 is 2.85 bits per heavy atom. The minimum atomic E-state index is -0.333. The lowest BCUT2D eigenvalue weighted by atomic mass is 9.75. The Bertz CT molecular complexity index is 435. The van der Waals surface area contributed by atoms with E-state index in [-0.39, 0.29) is 10.8 Å². The van der Waals surface area contributed by atoms with Crippen LogP contribution in [0.2, 0.25) is 5.02 Å².